The smallest absolute Gasteiger partial charge is 0.231 e. The fourth-order valence-electron chi connectivity index (χ4n) is 4.56. The number of rotatable bonds is 4. The van der Waals surface area contributed by atoms with Crippen molar-refractivity contribution in [1.82, 2.24) is 15.1 Å². The van der Waals surface area contributed by atoms with Crippen LogP contribution in [0.15, 0.2) is 48.7 Å². The molecule has 0 saturated carbocycles. The van der Waals surface area contributed by atoms with Crippen LogP contribution in [-0.2, 0) is 17.6 Å². The zero-order valence-corrected chi connectivity index (χ0v) is 18.1. The van der Waals surface area contributed by atoms with Crippen LogP contribution in [0.5, 0.6) is 11.5 Å². The zero-order valence-electron chi connectivity index (χ0n) is 18.1. The van der Waals surface area contributed by atoms with Crippen molar-refractivity contribution in [3.05, 3.63) is 71.0 Å². The van der Waals surface area contributed by atoms with Gasteiger partial charge in [-0.15, -0.1) is 0 Å². The largest absolute Gasteiger partial charge is 0.454 e. The van der Waals surface area contributed by atoms with Crippen LogP contribution in [0, 0.1) is 12.3 Å². The lowest BCUT2D eigenvalue weighted by atomic mass is 9.74. The van der Waals surface area contributed by atoms with Gasteiger partial charge in [-0.05, 0) is 55.0 Å². The van der Waals surface area contributed by atoms with Crippen LogP contribution in [0.1, 0.15) is 48.7 Å². The average Bonchev–Trinajstić information content (AvgIpc) is 3.34. The topological polar surface area (TPSA) is 65.4 Å². The molecule has 3 aromatic rings. The van der Waals surface area contributed by atoms with Crippen molar-refractivity contribution in [2.75, 3.05) is 6.79 Å². The third-order valence-electron chi connectivity index (χ3n) is 6.09. The normalized spacial score (nSPS) is 18.5. The number of benzene rings is 2. The first-order chi connectivity index (χ1) is 14.9. The maximum absolute atomic E-state index is 12.9. The van der Waals surface area contributed by atoms with Crippen molar-refractivity contribution in [1.29, 1.82) is 0 Å². The first-order valence-electron chi connectivity index (χ1n) is 10.7. The van der Waals surface area contributed by atoms with Crippen LogP contribution in [0.4, 0.5) is 0 Å². The number of ether oxygens (including phenoxy) is 2. The Hall–Kier alpha value is -3.28. The van der Waals surface area contributed by atoms with Crippen molar-refractivity contribution in [3.8, 4) is 17.2 Å². The molecule has 2 aliphatic rings. The molecule has 0 unspecified atom stereocenters. The second-order valence-corrected chi connectivity index (χ2v) is 9.32. The SMILES string of the molecule is Cc1ccc(-n2ncc3c2CC(C)(C)C[C@H]3NC(=O)Cc2ccc3c(c2)OCO3)cc1. The molecule has 31 heavy (non-hydrogen) atoms. The van der Waals surface area contributed by atoms with Gasteiger partial charge in [-0.1, -0.05) is 37.6 Å². The fourth-order valence-corrected chi connectivity index (χ4v) is 4.56. The number of hydrogen-bond donors (Lipinski definition) is 1. The number of fused-ring (bicyclic) bond motifs is 2. The predicted molar refractivity (Wildman–Crippen MR) is 118 cm³/mol. The molecule has 1 N–H and O–H groups in total. The predicted octanol–water partition coefficient (Wildman–Crippen LogP) is 4.28. The number of nitrogens with zero attached hydrogens (tertiary/aromatic N) is 2. The van der Waals surface area contributed by atoms with E-state index in [1.165, 1.54) is 11.3 Å². The Labute approximate surface area is 182 Å². The number of carbonyl (C=O) groups excluding carboxylic acids is 1. The molecule has 0 radical (unpaired) electrons. The van der Waals surface area contributed by atoms with Gasteiger partial charge in [0, 0.05) is 5.56 Å². The van der Waals surface area contributed by atoms with Crippen molar-refractivity contribution in [2.24, 2.45) is 5.41 Å². The summed E-state index contributed by atoms with van der Waals surface area (Å²) < 4.78 is 12.8. The summed E-state index contributed by atoms with van der Waals surface area (Å²) in [5, 5.41) is 7.94. The summed E-state index contributed by atoms with van der Waals surface area (Å²) in [4.78, 5) is 12.9. The number of carbonyl (C=O) groups is 1. The highest BCUT2D eigenvalue weighted by molar-refractivity contribution is 5.79. The van der Waals surface area contributed by atoms with Gasteiger partial charge in [0.15, 0.2) is 11.5 Å². The summed E-state index contributed by atoms with van der Waals surface area (Å²) in [5.74, 6) is 1.42. The monoisotopic (exact) mass is 417 g/mol. The Kier molecular flexibility index (Phi) is 4.73. The Morgan fingerprint density at radius 2 is 1.94 bits per heavy atom. The summed E-state index contributed by atoms with van der Waals surface area (Å²) in [6.45, 7) is 6.81. The van der Waals surface area contributed by atoms with Crippen LogP contribution in [-0.4, -0.2) is 22.5 Å². The molecule has 1 amide bonds. The second-order valence-electron chi connectivity index (χ2n) is 9.32. The third kappa shape index (κ3) is 3.90. The standard InChI is InChI=1S/C25H27N3O3/c1-16-4-7-18(8-5-16)28-21-13-25(2,3)12-20(19(21)14-26-28)27-24(29)11-17-6-9-22-23(10-17)31-15-30-22/h4-10,14,20H,11-13,15H2,1-3H3,(H,27,29)/t20-/m1/s1. The van der Waals surface area contributed by atoms with Gasteiger partial charge in [-0.2, -0.15) is 5.10 Å². The Morgan fingerprint density at radius 3 is 2.74 bits per heavy atom. The number of hydrogen-bond acceptors (Lipinski definition) is 4. The van der Waals surface area contributed by atoms with Crippen LogP contribution in [0.3, 0.4) is 0 Å². The summed E-state index contributed by atoms with van der Waals surface area (Å²) >= 11 is 0. The molecule has 1 aromatic heterocycles. The highest BCUT2D eigenvalue weighted by Gasteiger charge is 2.36. The van der Waals surface area contributed by atoms with E-state index in [4.69, 9.17) is 9.47 Å². The number of aryl methyl sites for hydroxylation is 1. The number of aromatic nitrogens is 2. The van der Waals surface area contributed by atoms with Gasteiger partial charge >= 0.3 is 0 Å². The van der Waals surface area contributed by atoms with Gasteiger partial charge in [0.2, 0.25) is 12.7 Å². The zero-order chi connectivity index (χ0) is 21.6. The maximum atomic E-state index is 12.9. The van der Waals surface area contributed by atoms with Gasteiger partial charge in [0.25, 0.3) is 0 Å². The molecule has 1 aliphatic heterocycles. The summed E-state index contributed by atoms with van der Waals surface area (Å²) in [7, 11) is 0. The van der Waals surface area contributed by atoms with E-state index >= 15 is 0 Å². The second kappa shape index (κ2) is 7.45. The lowest BCUT2D eigenvalue weighted by Gasteiger charge is -2.36. The van der Waals surface area contributed by atoms with E-state index in [-0.39, 0.29) is 24.2 Å². The number of amides is 1. The summed E-state index contributed by atoms with van der Waals surface area (Å²) in [5.41, 5.74) is 5.53. The molecule has 0 bridgehead atoms. The van der Waals surface area contributed by atoms with Crippen molar-refractivity contribution >= 4 is 5.91 Å². The average molecular weight is 418 g/mol. The lowest BCUT2D eigenvalue weighted by molar-refractivity contribution is -0.121. The quantitative estimate of drug-likeness (QED) is 0.688. The molecule has 0 spiro atoms. The van der Waals surface area contributed by atoms with Crippen molar-refractivity contribution in [2.45, 2.75) is 46.1 Å². The highest BCUT2D eigenvalue weighted by atomic mass is 16.7. The minimum Gasteiger partial charge on any atom is -0.454 e. The van der Waals surface area contributed by atoms with Gasteiger partial charge in [0.05, 0.1) is 30.0 Å². The summed E-state index contributed by atoms with van der Waals surface area (Å²) in [6.07, 6.45) is 4.02. The Balaban J connectivity index is 1.37. The first kappa shape index (κ1) is 19.7. The van der Waals surface area contributed by atoms with Crippen LogP contribution in [0.25, 0.3) is 5.69 Å². The molecule has 6 heteroatoms. The lowest BCUT2D eigenvalue weighted by Crippen LogP contribution is -2.37. The molecule has 1 aliphatic carbocycles. The molecular weight excluding hydrogens is 390 g/mol. The van der Waals surface area contributed by atoms with E-state index in [1.807, 2.05) is 29.1 Å². The highest BCUT2D eigenvalue weighted by Crippen LogP contribution is 2.41. The van der Waals surface area contributed by atoms with E-state index in [0.717, 1.165) is 35.4 Å². The molecule has 2 aromatic carbocycles. The molecule has 6 nitrogen and oxygen atoms in total. The van der Waals surface area contributed by atoms with E-state index in [2.05, 4.69) is 55.5 Å². The molecule has 0 fully saturated rings. The van der Waals surface area contributed by atoms with Gasteiger partial charge in [-0.3, -0.25) is 4.79 Å². The van der Waals surface area contributed by atoms with E-state index in [9.17, 15) is 4.79 Å². The van der Waals surface area contributed by atoms with Crippen LogP contribution in [0.2, 0.25) is 0 Å². The molecular formula is C25H27N3O3. The van der Waals surface area contributed by atoms with Crippen LogP contribution < -0.4 is 14.8 Å². The van der Waals surface area contributed by atoms with Crippen LogP contribution >= 0.6 is 0 Å². The minimum atomic E-state index is -0.0561. The third-order valence-corrected chi connectivity index (χ3v) is 6.09. The Morgan fingerprint density at radius 1 is 1.16 bits per heavy atom. The van der Waals surface area contributed by atoms with E-state index in [0.29, 0.717) is 12.2 Å². The minimum absolute atomic E-state index is 0.00407. The Bertz CT molecular complexity index is 1130. The molecule has 2 heterocycles. The van der Waals surface area contributed by atoms with Gasteiger partial charge in [-0.25, -0.2) is 4.68 Å². The van der Waals surface area contributed by atoms with Crippen molar-refractivity contribution in [3.63, 3.8) is 0 Å². The maximum Gasteiger partial charge on any atom is 0.231 e. The van der Waals surface area contributed by atoms with E-state index in [1.54, 1.807) is 0 Å². The van der Waals surface area contributed by atoms with Gasteiger partial charge in [0.1, 0.15) is 0 Å². The van der Waals surface area contributed by atoms with E-state index < -0.39 is 0 Å². The first-order valence-corrected chi connectivity index (χ1v) is 10.7. The van der Waals surface area contributed by atoms with Crippen molar-refractivity contribution < 1.29 is 14.3 Å². The molecule has 5 rings (SSSR count). The molecule has 160 valence electrons. The number of nitrogens with one attached hydrogen (secondary N) is 1. The summed E-state index contributed by atoms with van der Waals surface area (Å²) in [6, 6.07) is 14.0. The molecule has 1 atom stereocenters. The fraction of sp³-hybridized carbons (Fsp3) is 0.360. The molecule has 0 saturated heterocycles. The van der Waals surface area contributed by atoms with Gasteiger partial charge < -0.3 is 14.8 Å².